The highest BCUT2D eigenvalue weighted by Crippen LogP contribution is 2.12. The van der Waals surface area contributed by atoms with E-state index in [9.17, 15) is 14.4 Å². The van der Waals surface area contributed by atoms with Gasteiger partial charge in [-0.25, -0.2) is 0 Å². The number of amides is 1. The van der Waals surface area contributed by atoms with Gasteiger partial charge in [0.15, 0.2) is 0 Å². The Kier molecular flexibility index (Phi) is 25.0. The van der Waals surface area contributed by atoms with Crippen LogP contribution in [0.15, 0.2) is 36.5 Å². The molecule has 0 aliphatic carbocycles. The van der Waals surface area contributed by atoms with Gasteiger partial charge >= 0.3 is 11.9 Å². The number of allylic oxidation sites excluding steroid dienone is 4. The van der Waals surface area contributed by atoms with Crippen LogP contribution in [-0.2, 0) is 19.1 Å². The molecule has 1 amide bonds. The lowest BCUT2D eigenvalue weighted by Crippen LogP contribution is -2.28. The summed E-state index contributed by atoms with van der Waals surface area (Å²) in [7, 11) is 0. The van der Waals surface area contributed by atoms with E-state index in [2.05, 4.69) is 31.3 Å². The van der Waals surface area contributed by atoms with Crippen molar-refractivity contribution in [1.29, 1.82) is 0 Å². The molecule has 2 N–H and O–H groups in total. The number of carbonyl (C=O) groups excluding carboxylic acids is 2. The molecule has 0 saturated heterocycles. The van der Waals surface area contributed by atoms with Crippen LogP contribution < -0.4 is 5.32 Å². The average Bonchev–Trinajstić information content (AvgIpc) is 2.87. The Balaban J connectivity index is 4.21. The summed E-state index contributed by atoms with van der Waals surface area (Å²) >= 11 is 0. The third-order valence-electron chi connectivity index (χ3n) is 6.04. The highest BCUT2D eigenvalue weighted by atomic mass is 16.5. The van der Waals surface area contributed by atoms with Gasteiger partial charge in [-0.3, -0.25) is 14.4 Å². The van der Waals surface area contributed by atoms with Gasteiger partial charge in [-0.1, -0.05) is 102 Å². The summed E-state index contributed by atoms with van der Waals surface area (Å²) in [6, 6.07) is 0. The predicted octanol–water partition coefficient (Wildman–Crippen LogP) is 7.83. The van der Waals surface area contributed by atoms with Gasteiger partial charge in [-0.05, 0) is 50.7 Å². The van der Waals surface area contributed by atoms with Gasteiger partial charge in [-0.15, -0.1) is 0 Å². The first kappa shape index (κ1) is 34.6. The molecule has 1 unspecified atom stereocenters. The fourth-order valence-electron chi connectivity index (χ4n) is 3.88. The minimum Gasteiger partial charge on any atom is -0.480 e. The molecule has 1 atom stereocenters. The Hall–Kier alpha value is -2.37. The second-order valence-corrected chi connectivity index (χ2v) is 9.63. The number of nitrogens with one attached hydrogen (secondary N) is 1. The highest BCUT2D eigenvalue weighted by molar-refractivity contribution is 5.80. The van der Waals surface area contributed by atoms with Crippen molar-refractivity contribution < 1.29 is 24.2 Å². The summed E-state index contributed by atoms with van der Waals surface area (Å²) in [6.07, 6.45) is 30.2. The number of esters is 1. The van der Waals surface area contributed by atoms with Crippen LogP contribution in [0.5, 0.6) is 0 Å². The largest absolute Gasteiger partial charge is 0.480 e. The first-order chi connectivity index (χ1) is 18.0. The molecule has 0 aromatic rings. The van der Waals surface area contributed by atoms with Crippen LogP contribution >= 0.6 is 0 Å². The molecule has 0 rings (SSSR count). The Morgan fingerprint density at radius 1 is 0.730 bits per heavy atom. The van der Waals surface area contributed by atoms with Crippen molar-refractivity contribution in [3.8, 4) is 0 Å². The number of carbonyl (C=O) groups is 3. The SMILES string of the molecule is CC/C=C\C/C=C\C(/C=C\CCCCCC(=O)NCC(=O)O)OC(=O)CCCCCCCCCCCC. The molecule has 0 aliphatic heterocycles. The topological polar surface area (TPSA) is 92.7 Å². The number of unbranched alkanes of at least 4 members (excludes halogenated alkanes) is 12. The van der Waals surface area contributed by atoms with E-state index in [0.29, 0.717) is 12.8 Å². The Morgan fingerprint density at radius 3 is 1.97 bits per heavy atom. The summed E-state index contributed by atoms with van der Waals surface area (Å²) in [6.45, 7) is 4.01. The molecule has 0 bridgehead atoms. The van der Waals surface area contributed by atoms with E-state index in [1.54, 1.807) is 0 Å². The molecule has 37 heavy (non-hydrogen) atoms. The minimum atomic E-state index is -1.03. The van der Waals surface area contributed by atoms with E-state index in [1.807, 2.05) is 24.3 Å². The maximum atomic E-state index is 12.4. The summed E-state index contributed by atoms with van der Waals surface area (Å²) in [5, 5.41) is 10.9. The lowest BCUT2D eigenvalue weighted by Gasteiger charge is -2.11. The molecule has 0 spiro atoms. The zero-order chi connectivity index (χ0) is 27.4. The number of carboxylic acids is 1. The van der Waals surface area contributed by atoms with Gasteiger partial charge in [-0.2, -0.15) is 0 Å². The third-order valence-corrected chi connectivity index (χ3v) is 6.04. The maximum absolute atomic E-state index is 12.4. The fourth-order valence-corrected chi connectivity index (χ4v) is 3.88. The molecule has 0 heterocycles. The molecule has 0 aliphatic rings. The number of carboxylic acid groups (broad SMARTS) is 1. The van der Waals surface area contributed by atoms with Crippen molar-refractivity contribution in [3.05, 3.63) is 36.5 Å². The monoisotopic (exact) mass is 519 g/mol. The van der Waals surface area contributed by atoms with Crippen LogP contribution in [0, 0.1) is 0 Å². The smallest absolute Gasteiger partial charge is 0.322 e. The number of ether oxygens (including phenoxy) is 1. The van der Waals surface area contributed by atoms with Crippen LogP contribution in [0.3, 0.4) is 0 Å². The van der Waals surface area contributed by atoms with Crippen LogP contribution in [0.25, 0.3) is 0 Å². The van der Waals surface area contributed by atoms with Gasteiger partial charge in [0.1, 0.15) is 12.6 Å². The Bertz CT molecular complexity index is 669. The second kappa shape index (κ2) is 26.7. The molecule has 0 radical (unpaired) electrons. The van der Waals surface area contributed by atoms with Gasteiger partial charge in [0.25, 0.3) is 0 Å². The second-order valence-electron chi connectivity index (χ2n) is 9.63. The Morgan fingerprint density at radius 2 is 1.32 bits per heavy atom. The zero-order valence-electron chi connectivity index (χ0n) is 23.6. The van der Waals surface area contributed by atoms with Crippen LogP contribution in [0.1, 0.15) is 129 Å². The minimum absolute atomic E-state index is 0.143. The van der Waals surface area contributed by atoms with E-state index in [0.717, 1.165) is 51.4 Å². The number of aliphatic carboxylic acids is 1. The lowest BCUT2D eigenvalue weighted by molar-refractivity contribution is -0.145. The van der Waals surface area contributed by atoms with Gasteiger partial charge in [0, 0.05) is 12.8 Å². The number of hydrogen-bond donors (Lipinski definition) is 2. The summed E-state index contributed by atoms with van der Waals surface area (Å²) in [4.78, 5) is 34.4. The van der Waals surface area contributed by atoms with Crippen LogP contribution in [-0.4, -0.2) is 35.6 Å². The maximum Gasteiger partial charge on any atom is 0.322 e. The summed E-state index contributed by atoms with van der Waals surface area (Å²) in [5.41, 5.74) is 0. The number of rotatable bonds is 25. The molecule has 0 aromatic carbocycles. The predicted molar refractivity (Wildman–Crippen MR) is 152 cm³/mol. The molecule has 6 heteroatoms. The van der Waals surface area contributed by atoms with Crippen molar-refractivity contribution in [2.45, 2.75) is 136 Å². The van der Waals surface area contributed by atoms with Gasteiger partial charge < -0.3 is 15.2 Å². The first-order valence-corrected chi connectivity index (χ1v) is 14.7. The molecular formula is C31H53NO5. The molecule has 0 aromatic heterocycles. The third kappa shape index (κ3) is 26.5. The van der Waals surface area contributed by atoms with Crippen LogP contribution in [0.4, 0.5) is 0 Å². The Labute approximate surface area is 226 Å². The van der Waals surface area contributed by atoms with Crippen LogP contribution in [0.2, 0.25) is 0 Å². The van der Waals surface area contributed by atoms with Crippen molar-refractivity contribution in [1.82, 2.24) is 5.32 Å². The van der Waals surface area contributed by atoms with E-state index in [4.69, 9.17) is 9.84 Å². The normalized spacial score (nSPS) is 12.5. The molecule has 0 fully saturated rings. The molecule has 6 nitrogen and oxygen atoms in total. The summed E-state index contributed by atoms with van der Waals surface area (Å²) in [5.74, 6) is -1.40. The average molecular weight is 520 g/mol. The lowest BCUT2D eigenvalue weighted by atomic mass is 10.1. The molecular weight excluding hydrogens is 466 g/mol. The van der Waals surface area contributed by atoms with E-state index in [1.165, 1.54) is 51.4 Å². The molecule has 0 saturated carbocycles. The zero-order valence-corrected chi connectivity index (χ0v) is 23.6. The number of hydrogen-bond acceptors (Lipinski definition) is 4. The van der Waals surface area contributed by atoms with Crippen molar-refractivity contribution in [2.24, 2.45) is 0 Å². The van der Waals surface area contributed by atoms with Gasteiger partial charge in [0.05, 0.1) is 0 Å². The van der Waals surface area contributed by atoms with E-state index in [-0.39, 0.29) is 24.5 Å². The van der Waals surface area contributed by atoms with Crippen molar-refractivity contribution in [3.63, 3.8) is 0 Å². The highest BCUT2D eigenvalue weighted by Gasteiger charge is 2.08. The quantitative estimate of drug-likeness (QED) is 0.0728. The molecule has 212 valence electrons. The summed E-state index contributed by atoms with van der Waals surface area (Å²) < 4.78 is 5.71. The van der Waals surface area contributed by atoms with E-state index < -0.39 is 5.97 Å². The van der Waals surface area contributed by atoms with E-state index >= 15 is 0 Å². The van der Waals surface area contributed by atoms with Crippen molar-refractivity contribution >= 4 is 17.8 Å². The first-order valence-electron chi connectivity index (χ1n) is 14.7. The fraction of sp³-hybridized carbons (Fsp3) is 0.710. The standard InChI is InChI=1S/C31H53NO5/c1-3-5-7-9-10-11-12-13-18-22-26-31(36)37-28(23-19-15-8-6-4-2)24-20-16-14-17-21-25-29(33)32-27-30(34)35/h6,8,19-20,23-24,28H,3-5,7,9-18,21-22,25-27H2,1-2H3,(H,32,33)(H,34,35)/b8-6-,23-19-,24-20-. The van der Waals surface area contributed by atoms with Crippen molar-refractivity contribution in [2.75, 3.05) is 6.54 Å². The van der Waals surface area contributed by atoms with Gasteiger partial charge in [0.2, 0.25) is 5.91 Å².